The Labute approximate surface area is 184 Å². The smallest absolute Gasteiger partial charge is 0.196 e. The normalized spacial score (nSPS) is 12.2. The van der Waals surface area contributed by atoms with Crippen molar-refractivity contribution in [3.05, 3.63) is 80.9 Å². The van der Waals surface area contributed by atoms with Crippen molar-refractivity contribution in [2.45, 2.75) is 19.8 Å². The van der Waals surface area contributed by atoms with Crippen LogP contribution in [0, 0.1) is 18.3 Å². The molecule has 4 N–H and O–H groups in total. The summed E-state index contributed by atoms with van der Waals surface area (Å²) in [5.74, 6) is -0.296. The van der Waals surface area contributed by atoms with Crippen LogP contribution in [0.1, 0.15) is 49.4 Å². The predicted molar refractivity (Wildman–Crippen MR) is 119 cm³/mol. The van der Waals surface area contributed by atoms with E-state index in [0.717, 1.165) is 11.1 Å². The maximum Gasteiger partial charge on any atom is 0.196 e. The highest BCUT2D eigenvalue weighted by molar-refractivity contribution is 6.40. The minimum Gasteiger partial charge on any atom is -0.453 e. The van der Waals surface area contributed by atoms with Crippen LogP contribution < -0.4 is 16.2 Å². The molecule has 31 heavy (non-hydrogen) atoms. The summed E-state index contributed by atoms with van der Waals surface area (Å²) in [5, 5.41) is 8.74. The van der Waals surface area contributed by atoms with Crippen molar-refractivity contribution in [2.24, 2.45) is 0 Å². The minimum atomic E-state index is -0.403. The Morgan fingerprint density at radius 3 is 2.19 bits per heavy atom. The van der Waals surface area contributed by atoms with Crippen LogP contribution in [0.15, 0.2) is 42.5 Å². The van der Waals surface area contributed by atoms with E-state index in [2.05, 4.69) is 6.07 Å². The molecule has 0 saturated heterocycles. The molecule has 1 aliphatic rings. The van der Waals surface area contributed by atoms with Crippen LogP contribution in [0.5, 0.6) is 11.5 Å². The zero-order valence-corrected chi connectivity index (χ0v) is 17.4. The van der Waals surface area contributed by atoms with Gasteiger partial charge in [0.15, 0.2) is 17.3 Å². The molecule has 0 spiro atoms. The number of ether oxygens (including phenoxy) is 1. The average Bonchev–Trinajstić information content (AvgIpc) is 2.77. The number of nitrogen functional groups attached to an aromatic ring is 2. The summed E-state index contributed by atoms with van der Waals surface area (Å²) >= 11 is 6.45. The summed E-state index contributed by atoms with van der Waals surface area (Å²) in [4.78, 5) is 26.2. The molecule has 0 heterocycles. The second kappa shape index (κ2) is 7.78. The van der Waals surface area contributed by atoms with Crippen molar-refractivity contribution in [3.63, 3.8) is 0 Å². The van der Waals surface area contributed by atoms with E-state index in [1.54, 1.807) is 30.3 Å². The summed E-state index contributed by atoms with van der Waals surface area (Å²) in [7, 11) is 0. The van der Waals surface area contributed by atoms with Gasteiger partial charge in [-0.05, 0) is 30.5 Å². The first kappa shape index (κ1) is 20.5. The van der Waals surface area contributed by atoms with Crippen LogP contribution in [-0.4, -0.2) is 11.6 Å². The van der Waals surface area contributed by atoms with Gasteiger partial charge in [-0.25, -0.2) is 0 Å². The Balaban J connectivity index is 1.82. The molecule has 0 aliphatic heterocycles. The quantitative estimate of drug-likeness (QED) is 0.446. The van der Waals surface area contributed by atoms with Gasteiger partial charge in [0.1, 0.15) is 10.8 Å². The van der Waals surface area contributed by atoms with Crippen molar-refractivity contribution in [2.75, 3.05) is 11.5 Å². The number of nitrogens with zero attached hydrogens (tertiary/aromatic N) is 1. The van der Waals surface area contributed by atoms with Crippen LogP contribution in [0.25, 0.3) is 0 Å². The Morgan fingerprint density at radius 1 is 1.00 bits per heavy atom. The lowest BCUT2D eigenvalue weighted by molar-refractivity contribution is 0.0980. The number of fused-ring (bicyclic) bond motifs is 2. The highest BCUT2D eigenvalue weighted by Gasteiger charge is 2.36. The number of nitrogens with two attached hydrogens (primary N) is 2. The van der Waals surface area contributed by atoms with Crippen LogP contribution in [-0.2, 0) is 6.42 Å². The van der Waals surface area contributed by atoms with E-state index in [0.29, 0.717) is 18.6 Å². The SMILES string of the molecule is Cc1cc(CCC#N)ccc1Oc1c(N)c2c(c(N)c1Cl)C(=O)c1ccccc1C2=O. The zero-order chi connectivity index (χ0) is 22.3. The number of carbonyl (C=O) groups is 2. The zero-order valence-electron chi connectivity index (χ0n) is 16.7. The fraction of sp³-hybridized carbons (Fsp3) is 0.125. The van der Waals surface area contributed by atoms with Gasteiger partial charge in [-0.1, -0.05) is 48.0 Å². The highest BCUT2D eigenvalue weighted by atomic mass is 35.5. The first-order valence-electron chi connectivity index (χ1n) is 9.58. The largest absolute Gasteiger partial charge is 0.453 e. The number of nitriles is 1. The lowest BCUT2D eigenvalue weighted by atomic mass is 9.82. The van der Waals surface area contributed by atoms with E-state index in [1.165, 1.54) is 0 Å². The molecule has 3 aromatic rings. The van der Waals surface area contributed by atoms with Gasteiger partial charge in [0.2, 0.25) is 0 Å². The van der Waals surface area contributed by atoms with Crippen LogP contribution >= 0.6 is 11.6 Å². The van der Waals surface area contributed by atoms with Crippen molar-refractivity contribution in [1.82, 2.24) is 0 Å². The topological polar surface area (TPSA) is 119 Å². The van der Waals surface area contributed by atoms with Crippen molar-refractivity contribution in [1.29, 1.82) is 5.26 Å². The molecule has 0 bridgehead atoms. The molecule has 154 valence electrons. The number of aryl methyl sites for hydroxylation is 2. The molecule has 0 amide bonds. The third-order valence-electron chi connectivity index (χ3n) is 5.32. The fourth-order valence-electron chi connectivity index (χ4n) is 3.74. The van der Waals surface area contributed by atoms with Crippen LogP contribution in [0.2, 0.25) is 5.02 Å². The van der Waals surface area contributed by atoms with Crippen LogP contribution in [0.4, 0.5) is 11.4 Å². The molecule has 0 fully saturated rings. The number of hydrogen-bond donors (Lipinski definition) is 2. The van der Waals surface area contributed by atoms with Gasteiger partial charge in [0, 0.05) is 17.5 Å². The van der Waals surface area contributed by atoms with Crippen molar-refractivity contribution < 1.29 is 14.3 Å². The molecule has 4 rings (SSSR count). The molecule has 1 aliphatic carbocycles. The van der Waals surface area contributed by atoms with Gasteiger partial charge in [0.25, 0.3) is 0 Å². The van der Waals surface area contributed by atoms with E-state index in [1.807, 2.05) is 19.1 Å². The first-order chi connectivity index (χ1) is 14.8. The molecule has 0 saturated carbocycles. The summed E-state index contributed by atoms with van der Waals surface area (Å²) in [6, 6.07) is 14.1. The number of benzene rings is 3. The van der Waals surface area contributed by atoms with Gasteiger partial charge < -0.3 is 16.2 Å². The van der Waals surface area contributed by atoms with Gasteiger partial charge in [-0.2, -0.15) is 5.26 Å². The number of halogens is 1. The minimum absolute atomic E-state index is 0.00197. The predicted octanol–water partition coefficient (Wildman–Crippen LogP) is 4.84. The lowest BCUT2D eigenvalue weighted by Gasteiger charge is -2.24. The lowest BCUT2D eigenvalue weighted by Crippen LogP contribution is -2.24. The third-order valence-corrected chi connectivity index (χ3v) is 5.69. The molecule has 7 heteroatoms. The number of anilines is 2. The summed E-state index contributed by atoms with van der Waals surface area (Å²) in [6.45, 7) is 1.85. The number of carbonyl (C=O) groups excluding carboxylic acids is 2. The summed E-state index contributed by atoms with van der Waals surface area (Å²) in [5.41, 5.74) is 14.7. The summed E-state index contributed by atoms with van der Waals surface area (Å²) < 4.78 is 5.98. The van der Waals surface area contributed by atoms with E-state index in [9.17, 15) is 9.59 Å². The van der Waals surface area contributed by atoms with Gasteiger partial charge in [-0.15, -0.1) is 0 Å². The number of ketones is 2. The Hall–Kier alpha value is -3.82. The molecule has 0 aromatic heterocycles. The fourth-order valence-corrected chi connectivity index (χ4v) is 3.98. The monoisotopic (exact) mass is 431 g/mol. The van der Waals surface area contributed by atoms with E-state index in [4.69, 9.17) is 33.1 Å². The second-order valence-corrected chi connectivity index (χ2v) is 7.66. The summed E-state index contributed by atoms with van der Waals surface area (Å²) in [6.07, 6.45) is 1.04. The molecule has 0 radical (unpaired) electrons. The Morgan fingerprint density at radius 2 is 1.61 bits per heavy atom. The molecular weight excluding hydrogens is 414 g/mol. The molecule has 3 aromatic carbocycles. The van der Waals surface area contributed by atoms with Crippen molar-refractivity contribution >= 4 is 34.5 Å². The molecule has 0 unspecified atom stereocenters. The van der Waals surface area contributed by atoms with Gasteiger partial charge in [-0.3, -0.25) is 9.59 Å². The number of hydrogen-bond acceptors (Lipinski definition) is 6. The van der Waals surface area contributed by atoms with E-state index in [-0.39, 0.29) is 44.4 Å². The number of rotatable bonds is 4. The standard InChI is InChI=1S/C24H18ClN3O3/c1-12-11-13(5-4-10-26)8-9-16(12)31-24-19(25)20(27)17-18(21(24)28)23(30)15-7-3-2-6-14(15)22(17)29/h2-3,6-9,11H,4-5,27-28H2,1H3. The Kier molecular flexibility index (Phi) is 5.14. The van der Waals surface area contributed by atoms with E-state index >= 15 is 0 Å². The third kappa shape index (κ3) is 3.29. The molecular formula is C24H18ClN3O3. The van der Waals surface area contributed by atoms with E-state index < -0.39 is 11.6 Å². The van der Waals surface area contributed by atoms with Crippen molar-refractivity contribution in [3.8, 4) is 17.6 Å². The molecule has 6 nitrogen and oxygen atoms in total. The second-order valence-electron chi connectivity index (χ2n) is 7.28. The Bertz CT molecular complexity index is 1310. The first-order valence-corrected chi connectivity index (χ1v) is 9.96. The van der Waals surface area contributed by atoms with Gasteiger partial charge >= 0.3 is 0 Å². The maximum absolute atomic E-state index is 13.1. The maximum atomic E-state index is 13.1. The van der Waals surface area contributed by atoms with Gasteiger partial charge in [0.05, 0.1) is 28.6 Å². The average molecular weight is 432 g/mol. The highest BCUT2D eigenvalue weighted by Crippen LogP contribution is 2.47. The van der Waals surface area contributed by atoms with Crippen LogP contribution in [0.3, 0.4) is 0 Å². The molecule has 0 atom stereocenters.